The molecule has 2 aliphatic rings. The lowest BCUT2D eigenvalue weighted by Crippen LogP contribution is -2.47. The summed E-state index contributed by atoms with van der Waals surface area (Å²) in [7, 11) is -5.16. The van der Waals surface area contributed by atoms with Gasteiger partial charge in [-0.15, -0.1) is 0 Å². The molecule has 0 aromatic carbocycles. The lowest BCUT2D eigenvalue weighted by atomic mass is 10.2. The van der Waals surface area contributed by atoms with Crippen LogP contribution in [0.1, 0.15) is 114 Å². The van der Waals surface area contributed by atoms with E-state index in [0.29, 0.717) is 78.2 Å². The fourth-order valence-corrected chi connectivity index (χ4v) is 10.6. The van der Waals surface area contributed by atoms with Crippen molar-refractivity contribution in [3.05, 3.63) is 0 Å². The van der Waals surface area contributed by atoms with Gasteiger partial charge in [0.1, 0.15) is 0 Å². The molecule has 16 heteroatoms. The van der Waals surface area contributed by atoms with Crippen LogP contribution >= 0.6 is 0 Å². The number of likely N-dealkylation sites (tertiary alicyclic amines) is 1. The summed E-state index contributed by atoms with van der Waals surface area (Å²) < 4.78 is 34.5. The van der Waals surface area contributed by atoms with E-state index in [9.17, 15) is 19.2 Å². The number of imide groups is 1. The number of carbonyl (C=O) groups excluding carboxylic acids is 4. The van der Waals surface area contributed by atoms with Crippen molar-refractivity contribution in [2.24, 2.45) is 4.99 Å². The molecule has 0 saturated carbocycles. The minimum absolute atomic E-state index is 0. The largest absolute Gasteiger partial charge is 0.500 e. The maximum atomic E-state index is 12.2. The number of urea groups is 1. The van der Waals surface area contributed by atoms with Crippen molar-refractivity contribution in [3.63, 3.8) is 0 Å². The number of amides is 4. The van der Waals surface area contributed by atoms with Gasteiger partial charge in [0.2, 0.25) is 17.9 Å². The maximum absolute atomic E-state index is 12.2. The van der Waals surface area contributed by atoms with Crippen molar-refractivity contribution < 1.29 is 47.2 Å². The van der Waals surface area contributed by atoms with Crippen LogP contribution in [-0.2, 0) is 40.9 Å². The molecule has 2 saturated heterocycles. The van der Waals surface area contributed by atoms with Crippen LogP contribution in [0.2, 0.25) is 12.1 Å². The predicted molar refractivity (Wildman–Crippen MR) is 195 cm³/mol. The van der Waals surface area contributed by atoms with Gasteiger partial charge in [0.05, 0.1) is 6.54 Å². The Labute approximate surface area is 298 Å². The Balaban J connectivity index is 0. The predicted octanol–water partition coefficient (Wildman–Crippen LogP) is 5.61. The lowest BCUT2D eigenvalue weighted by Gasteiger charge is -2.28. The number of hydrogen-bond acceptors (Lipinski definition) is 11. The van der Waals surface area contributed by atoms with Crippen molar-refractivity contribution in [2.75, 3.05) is 65.8 Å². The first-order valence-electron chi connectivity index (χ1n) is 18.4. The first-order valence-corrected chi connectivity index (χ1v) is 22.3. The maximum Gasteiger partial charge on any atom is 0.500 e. The Hall–Kier alpha value is -2.02. The molecule has 2 N–H and O–H groups in total. The summed E-state index contributed by atoms with van der Waals surface area (Å²) in [6.45, 7) is 17.4. The van der Waals surface area contributed by atoms with E-state index in [1.165, 1.54) is 17.4 Å². The summed E-state index contributed by atoms with van der Waals surface area (Å²) in [5.41, 5.74) is 0. The minimum atomic E-state index is -2.66. The highest BCUT2D eigenvalue weighted by Crippen LogP contribution is 2.20. The second-order valence-corrected chi connectivity index (χ2v) is 16.7. The fraction of sp³-hybridized carbons (Fsp3) is 0.879. The first kappa shape index (κ1) is 47.0. The van der Waals surface area contributed by atoms with Gasteiger partial charge in [-0.1, -0.05) is 12.8 Å². The van der Waals surface area contributed by atoms with Gasteiger partial charge in [-0.3, -0.25) is 14.5 Å². The molecule has 4 amide bonds. The van der Waals surface area contributed by atoms with Crippen molar-refractivity contribution >= 4 is 41.5 Å². The SMILES string of the molecule is CCO[Si](CCCCN=C=O)(OCC)OCC.CCO[Si](CCCNC(=O)N1CCCCCC1=O)(OCC)OCC.O=C1CCCCCN1.[2HH]. The second kappa shape index (κ2) is 30.8. The van der Waals surface area contributed by atoms with E-state index in [-0.39, 0.29) is 19.3 Å². The monoisotopic (exact) mass is 737 g/mol. The van der Waals surface area contributed by atoms with Crippen LogP contribution in [-0.4, -0.2) is 112 Å². The average molecular weight is 738 g/mol. The standard InChI is InChI=1S/C16H32N2O5Si.C11H23NO4Si.C6H11NO.H2/c1-4-21-24(22-5-2,23-6-3)14-10-12-17-16(20)18-13-9-7-8-11-15(18)19;1-4-14-17(15-5-2,16-6-3)10-8-7-9-12-11-13;8-6-4-2-1-3-5-7-6;/h4-14H2,1-3H3,(H,17,20);4-10H2,1-3H3;1-5H2,(H,7,8);1H/i;;;1+1. The summed E-state index contributed by atoms with van der Waals surface area (Å²) in [6.07, 6.45) is 11.3. The molecule has 14 nitrogen and oxygen atoms in total. The Kier molecular flexibility index (Phi) is 29.5. The number of unbranched alkanes of at least 4 members (excludes halogenated alkanes) is 1. The molecule has 49 heavy (non-hydrogen) atoms. The molecule has 2 rings (SSSR count). The van der Waals surface area contributed by atoms with E-state index in [2.05, 4.69) is 15.6 Å². The fourth-order valence-electron chi connectivity index (χ4n) is 5.28. The Morgan fingerprint density at radius 1 is 0.755 bits per heavy atom. The van der Waals surface area contributed by atoms with Crippen LogP contribution in [0.25, 0.3) is 0 Å². The molecular formula is C33H68N4O10Si2. The van der Waals surface area contributed by atoms with Gasteiger partial charge < -0.3 is 37.2 Å². The van der Waals surface area contributed by atoms with Crippen LogP contribution in [0.15, 0.2) is 4.99 Å². The molecule has 0 spiro atoms. The quantitative estimate of drug-likeness (QED) is 0.0655. The Morgan fingerprint density at radius 2 is 1.27 bits per heavy atom. The summed E-state index contributed by atoms with van der Waals surface area (Å²) >= 11 is 0. The smallest absolute Gasteiger partial charge is 0.374 e. The average Bonchev–Trinajstić information content (AvgIpc) is 3.46. The van der Waals surface area contributed by atoms with E-state index in [0.717, 1.165) is 64.0 Å². The van der Waals surface area contributed by atoms with Crippen molar-refractivity contribution in [1.82, 2.24) is 15.5 Å². The molecule has 0 aromatic heterocycles. The molecule has 2 fully saturated rings. The van der Waals surface area contributed by atoms with Crippen LogP contribution in [0.3, 0.4) is 0 Å². The van der Waals surface area contributed by atoms with Gasteiger partial charge in [0.15, 0.2) is 0 Å². The van der Waals surface area contributed by atoms with Crippen molar-refractivity contribution in [3.8, 4) is 0 Å². The molecule has 288 valence electrons. The molecule has 0 unspecified atom stereocenters. The zero-order chi connectivity index (χ0) is 36.6. The third kappa shape index (κ3) is 22.4. The zero-order valence-electron chi connectivity index (χ0n) is 31.2. The minimum Gasteiger partial charge on any atom is -0.374 e. The van der Waals surface area contributed by atoms with Gasteiger partial charge in [-0.2, -0.15) is 0 Å². The number of aliphatic imine (C=N–C) groups is 1. The summed E-state index contributed by atoms with van der Waals surface area (Å²) in [4.78, 5) is 49.4. The lowest BCUT2D eigenvalue weighted by molar-refractivity contribution is -0.127. The zero-order valence-corrected chi connectivity index (χ0v) is 33.2. The van der Waals surface area contributed by atoms with Gasteiger partial charge in [-0.25, -0.2) is 14.6 Å². The first-order chi connectivity index (χ1) is 23.7. The van der Waals surface area contributed by atoms with E-state index in [4.69, 9.17) is 26.6 Å². The van der Waals surface area contributed by atoms with E-state index < -0.39 is 17.6 Å². The number of nitrogens with zero attached hydrogens (tertiary/aromatic N) is 2. The van der Waals surface area contributed by atoms with E-state index in [1.807, 2.05) is 41.5 Å². The normalized spacial score (nSPS) is 15.3. The molecule has 0 aliphatic carbocycles. The highest BCUT2D eigenvalue weighted by atomic mass is 28.4. The third-order valence-corrected chi connectivity index (χ3v) is 13.7. The molecule has 0 radical (unpaired) electrons. The van der Waals surface area contributed by atoms with Crippen LogP contribution in [0.5, 0.6) is 0 Å². The van der Waals surface area contributed by atoms with Crippen LogP contribution in [0.4, 0.5) is 4.79 Å². The highest BCUT2D eigenvalue weighted by molar-refractivity contribution is 6.61. The summed E-state index contributed by atoms with van der Waals surface area (Å²) in [5.74, 6) is 0.147. The molecular weight excluding hydrogens is 669 g/mol. The van der Waals surface area contributed by atoms with Gasteiger partial charge >= 0.3 is 23.6 Å². The molecule has 2 aliphatic heterocycles. The number of hydrogen-bond donors (Lipinski definition) is 2. The van der Waals surface area contributed by atoms with Gasteiger partial charge in [0.25, 0.3) is 0 Å². The topological polar surface area (TPSA) is 163 Å². The van der Waals surface area contributed by atoms with Crippen molar-refractivity contribution in [1.29, 1.82) is 0 Å². The van der Waals surface area contributed by atoms with Crippen LogP contribution < -0.4 is 10.6 Å². The number of rotatable bonds is 21. The van der Waals surface area contributed by atoms with Gasteiger partial charge in [-0.05, 0) is 86.5 Å². The van der Waals surface area contributed by atoms with Crippen LogP contribution in [0, 0.1) is 0 Å². The number of isocyanates is 1. The number of nitrogens with one attached hydrogen (secondary N) is 2. The summed E-state index contributed by atoms with van der Waals surface area (Å²) in [5, 5.41) is 5.64. The van der Waals surface area contributed by atoms with Crippen molar-refractivity contribution in [2.45, 2.75) is 124 Å². The summed E-state index contributed by atoms with van der Waals surface area (Å²) in [6, 6.07) is 1.13. The number of carbonyl (C=O) groups is 3. The third-order valence-electron chi connectivity index (χ3n) is 7.41. The Bertz CT molecular complexity index is 891. The van der Waals surface area contributed by atoms with E-state index >= 15 is 0 Å². The van der Waals surface area contributed by atoms with Gasteiger partial charge in [0, 0.05) is 85.6 Å². The highest BCUT2D eigenvalue weighted by Gasteiger charge is 2.40. The molecule has 0 bridgehead atoms. The second-order valence-electron chi connectivity index (χ2n) is 11.2. The molecule has 2 heterocycles. The van der Waals surface area contributed by atoms with E-state index in [1.54, 1.807) is 0 Å². The molecule has 0 atom stereocenters. The molecule has 0 aromatic rings. The Morgan fingerprint density at radius 3 is 1.80 bits per heavy atom.